The van der Waals surface area contributed by atoms with Gasteiger partial charge in [-0.2, -0.15) is 4.31 Å². The fourth-order valence-corrected chi connectivity index (χ4v) is 6.65. The molecule has 0 bridgehead atoms. The fourth-order valence-electron chi connectivity index (χ4n) is 3.87. The van der Waals surface area contributed by atoms with Gasteiger partial charge >= 0.3 is 0 Å². The third-order valence-electron chi connectivity index (χ3n) is 5.89. The first-order chi connectivity index (χ1) is 18.0. The molecule has 3 aromatic carbocycles. The van der Waals surface area contributed by atoms with E-state index in [4.69, 9.17) is 11.6 Å². The second kappa shape index (κ2) is 11.1. The van der Waals surface area contributed by atoms with Gasteiger partial charge in [-0.3, -0.25) is 19.6 Å². The summed E-state index contributed by atoms with van der Waals surface area (Å²) in [5.41, 5.74) is 0.201. The largest absolute Gasteiger partial charge is 0.322 e. The third-order valence-corrected chi connectivity index (χ3v) is 9.50. The molecule has 2 N–H and O–H groups in total. The van der Waals surface area contributed by atoms with Gasteiger partial charge in [-0.1, -0.05) is 18.0 Å². The van der Waals surface area contributed by atoms with Crippen molar-refractivity contribution in [3.63, 3.8) is 0 Å². The summed E-state index contributed by atoms with van der Waals surface area (Å²) in [5.74, 6) is -0.487. The maximum absolute atomic E-state index is 12.8. The predicted molar refractivity (Wildman–Crippen MR) is 142 cm³/mol. The van der Waals surface area contributed by atoms with Crippen LogP contribution in [0.3, 0.4) is 0 Å². The topological polar surface area (TPSA) is 156 Å². The predicted octanol–water partition coefficient (Wildman–Crippen LogP) is 4.48. The molecule has 38 heavy (non-hydrogen) atoms. The average Bonchev–Trinajstić information content (AvgIpc) is 2.89. The minimum Gasteiger partial charge on any atom is -0.322 e. The molecule has 1 aliphatic rings. The van der Waals surface area contributed by atoms with Gasteiger partial charge in [0.1, 0.15) is 5.02 Å². The molecule has 4 rings (SSSR count). The van der Waals surface area contributed by atoms with E-state index in [9.17, 15) is 31.7 Å². The number of halogens is 1. The molecular weight excluding hydrogens is 556 g/mol. The molecule has 1 fully saturated rings. The number of amides is 1. The van der Waals surface area contributed by atoms with Crippen LogP contribution in [0.1, 0.15) is 29.6 Å². The average molecular weight is 579 g/mol. The quantitative estimate of drug-likeness (QED) is 0.295. The summed E-state index contributed by atoms with van der Waals surface area (Å²) in [6, 6.07) is 14.5. The van der Waals surface area contributed by atoms with E-state index < -0.39 is 36.6 Å². The molecule has 1 aliphatic heterocycles. The van der Waals surface area contributed by atoms with Crippen LogP contribution in [-0.4, -0.2) is 45.1 Å². The Morgan fingerprint density at radius 3 is 2.03 bits per heavy atom. The molecule has 0 spiro atoms. The first kappa shape index (κ1) is 27.5. The van der Waals surface area contributed by atoms with Gasteiger partial charge in [-0.05, 0) is 73.5 Å². The van der Waals surface area contributed by atoms with Crippen LogP contribution in [0.15, 0.2) is 76.5 Å². The summed E-state index contributed by atoms with van der Waals surface area (Å²) in [5, 5.41) is 13.5. The Morgan fingerprint density at radius 1 is 0.842 bits per heavy atom. The van der Waals surface area contributed by atoms with Crippen LogP contribution in [0.25, 0.3) is 0 Å². The Labute approximate surface area is 224 Å². The summed E-state index contributed by atoms with van der Waals surface area (Å²) in [7, 11) is -7.74. The molecule has 11 nitrogen and oxygen atoms in total. The number of benzene rings is 3. The lowest BCUT2D eigenvalue weighted by Gasteiger charge is -2.25. The van der Waals surface area contributed by atoms with Crippen molar-refractivity contribution >= 4 is 54.6 Å². The Hall–Kier alpha value is -3.52. The van der Waals surface area contributed by atoms with Crippen LogP contribution < -0.4 is 10.0 Å². The number of nitro groups is 1. The zero-order valence-electron chi connectivity index (χ0n) is 19.8. The number of hydrogen-bond donors (Lipinski definition) is 2. The normalized spacial score (nSPS) is 14.6. The van der Waals surface area contributed by atoms with Gasteiger partial charge in [-0.15, -0.1) is 0 Å². The SMILES string of the molecule is O=C(Nc1ccc(S(=O)(=O)N2CCCCC2)cc1)c1ccc(NS(=O)(=O)c2ccc(Cl)c([N+](=O)[O-])c2)cc1. The van der Waals surface area contributed by atoms with E-state index in [1.54, 1.807) is 0 Å². The molecule has 0 saturated carbocycles. The maximum Gasteiger partial charge on any atom is 0.289 e. The molecule has 0 atom stereocenters. The van der Waals surface area contributed by atoms with Crippen LogP contribution in [0, 0.1) is 10.1 Å². The number of nitrogens with one attached hydrogen (secondary N) is 2. The van der Waals surface area contributed by atoms with Gasteiger partial charge < -0.3 is 5.32 Å². The minimum atomic E-state index is -4.16. The van der Waals surface area contributed by atoms with E-state index in [1.165, 1.54) is 52.8 Å². The molecule has 1 amide bonds. The van der Waals surface area contributed by atoms with Crippen molar-refractivity contribution in [2.45, 2.75) is 29.1 Å². The number of carbonyl (C=O) groups excluding carboxylic acids is 1. The number of rotatable bonds is 8. The van der Waals surface area contributed by atoms with E-state index in [-0.39, 0.29) is 26.1 Å². The fraction of sp³-hybridized carbons (Fsp3) is 0.208. The highest BCUT2D eigenvalue weighted by atomic mass is 35.5. The number of piperidine rings is 1. The van der Waals surface area contributed by atoms with Gasteiger partial charge in [-0.25, -0.2) is 16.8 Å². The Morgan fingerprint density at radius 2 is 1.42 bits per heavy atom. The minimum absolute atomic E-state index is 0.131. The first-order valence-electron chi connectivity index (χ1n) is 11.5. The van der Waals surface area contributed by atoms with Gasteiger partial charge in [0.05, 0.1) is 14.7 Å². The molecule has 1 saturated heterocycles. The Bertz CT molecular complexity index is 1570. The van der Waals surface area contributed by atoms with Crippen molar-refractivity contribution in [2.24, 2.45) is 0 Å². The smallest absolute Gasteiger partial charge is 0.289 e. The zero-order chi connectivity index (χ0) is 27.5. The molecule has 0 radical (unpaired) electrons. The molecular formula is C24H23ClN4O7S2. The van der Waals surface area contributed by atoms with Crippen LogP contribution >= 0.6 is 11.6 Å². The molecule has 0 aliphatic carbocycles. The van der Waals surface area contributed by atoms with E-state index >= 15 is 0 Å². The van der Waals surface area contributed by atoms with Crippen molar-refractivity contribution in [3.8, 4) is 0 Å². The van der Waals surface area contributed by atoms with E-state index in [0.717, 1.165) is 37.5 Å². The van der Waals surface area contributed by atoms with Gasteiger partial charge in [0.25, 0.3) is 21.6 Å². The number of carbonyl (C=O) groups is 1. The zero-order valence-corrected chi connectivity index (χ0v) is 22.2. The van der Waals surface area contributed by atoms with Crippen LogP contribution in [0.5, 0.6) is 0 Å². The number of hydrogen-bond acceptors (Lipinski definition) is 7. The van der Waals surface area contributed by atoms with E-state index in [2.05, 4.69) is 10.0 Å². The number of sulfonamides is 2. The molecule has 1 heterocycles. The first-order valence-corrected chi connectivity index (χ1v) is 14.8. The highest BCUT2D eigenvalue weighted by Crippen LogP contribution is 2.28. The van der Waals surface area contributed by atoms with E-state index in [1.807, 2.05) is 0 Å². The summed E-state index contributed by atoms with van der Waals surface area (Å²) < 4.78 is 54.6. The molecule has 14 heteroatoms. The molecule has 0 aromatic heterocycles. The van der Waals surface area contributed by atoms with Crippen LogP contribution in [-0.2, 0) is 20.0 Å². The summed E-state index contributed by atoms with van der Waals surface area (Å²) >= 11 is 5.74. The highest BCUT2D eigenvalue weighted by Gasteiger charge is 2.26. The second-order valence-electron chi connectivity index (χ2n) is 8.50. The standard InChI is InChI=1S/C24H23ClN4O7S2/c25-22-13-12-21(16-23(22)29(31)32)37(33,34)27-19-6-4-17(5-7-19)24(30)26-18-8-10-20(11-9-18)38(35,36)28-14-2-1-3-15-28/h4-13,16,27H,1-3,14-15H2,(H,26,30). The van der Waals surface area contributed by atoms with Gasteiger partial charge in [0.15, 0.2) is 0 Å². The van der Waals surface area contributed by atoms with Gasteiger partial charge in [0.2, 0.25) is 10.0 Å². The Balaban J connectivity index is 1.41. The summed E-state index contributed by atoms with van der Waals surface area (Å²) in [4.78, 5) is 22.7. The number of nitrogens with zero attached hydrogens (tertiary/aromatic N) is 2. The van der Waals surface area contributed by atoms with Crippen molar-refractivity contribution in [1.82, 2.24) is 4.31 Å². The summed E-state index contributed by atoms with van der Waals surface area (Å²) in [6.45, 7) is 0.985. The number of nitro benzene ring substituents is 1. The molecule has 0 unspecified atom stereocenters. The summed E-state index contributed by atoms with van der Waals surface area (Å²) in [6.07, 6.45) is 2.67. The van der Waals surface area contributed by atoms with E-state index in [0.29, 0.717) is 18.8 Å². The monoisotopic (exact) mass is 578 g/mol. The van der Waals surface area contributed by atoms with Crippen molar-refractivity contribution < 1.29 is 26.6 Å². The lowest BCUT2D eigenvalue weighted by Crippen LogP contribution is -2.35. The third kappa shape index (κ3) is 6.13. The van der Waals surface area contributed by atoms with Crippen LogP contribution in [0.4, 0.5) is 17.1 Å². The highest BCUT2D eigenvalue weighted by molar-refractivity contribution is 7.92. The lowest BCUT2D eigenvalue weighted by atomic mass is 10.2. The lowest BCUT2D eigenvalue weighted by molar-refractivity contribution is -0.384. The molecule has 3 aromatic rings. The van der Waals surface area contributed by atoms with Crippen molar-refractivity contribution in [2.75, 3.05) is 23.1 Å². The van der Waals surface area contributed by atoms with Crippen molar-refractivity contribution in [3.05, 3.63) is 87.4 Å². The Kier molecular flexibility index (Phi) is 8.02. The molecule has 200 valence electrons. The maximum atomic E-state index is 12.8. The second-order valence-corrected chi connectivity index (χ2v) is 12.5. The van der Waals surface area contributed by atoms with Gasteiger partial charge in [0, 0.05) is 36.1 Å². The van der Waals surface area contributed by atoms with Crippen molar-refractivity contribution in [1.29, 1.82) is 0 Å². The van der Waals surface area contributed by atoms with Crippen LogP contribution in [0.2, 0.25) is 5.02 Å². The number of anilines is 2.